The van der Waals surface area contributed by atoms with Crippen LogP contribution in [0.1, 0.15) is 31.7 Å². The van der Waals surface area contributed by atoms with Gasteiger partial charge in [0, 0.05) is 51.2 Å². The number of amides is 3. The molecule has 3 amide bonds. The molecule has 5 rings (SSSR count). The van der Waals surface area contributed by atoms with Crippen molar-refractivity contribution in [3.8, 4) is 0 Å². The number of nitrogens with zero attached hydrogens (tertiary/aromatic N) is 4. The van der Waals surface area contributed by atoms with Crippen molar-refractivity contribution in [1.29, 1.82) is 0 Å². The lowest BCUT2D eigenvalue weighted by Crippen LogP contribution is -2.51. The molecule has 3 aliphatic rings. The van der Waals surface area contributed by atoms with Crippen LogP contribution in [-0.2, 0) is 11.3 Å². The zero-order chi connectivity index (χ0) is 19.3. The van der Waals surface area contributed by atoms with Gasteiger partial charge in [0.2, 0.25) is 5.91 Å². The van der Waals surface area contributed by atoms with E-state index in [4.69, 9.17) is 4.52 Å². The summed E-state index contributed by atoms with van der Waals surface area (Å²) < 4.78 is 5.41. The summed E-state index contributed by atoms with van der Waals surface area (Å²) in [4.78, 5) is 30.2. The number of hydrogen-bond donors (Lipinski definition) is 1. The Morgan fingerprint density at radius 1 is 1.21 bits per heavy atom. The van der Waals surface area contributed by atoms with Gasteiger partial charge in [-0.2, -0.15) is 0 Å². The third-order valence-corrected chi connectivity index (χ3v) is 6.07. The molecule has 8 nitrogen and oxygen atoms in total. The van der Waals surface area contributed by atoms with E-state index in [0.717, 1.165) is 37.6 Å². The maximum absolute atomic E-state index is 12.2. The number of rotatable bonds is 4. The molecule has 2 aliphatic heterocycles. The van der Waals surface area contributed by atoms with Crippen LogP contribution >= 0.6 is 0 Å². The van der Waals surface area contributed by atoms with Crippen molar-refractivity contribution in [3.63, 3.8) is 0 Å². The van der Waals surface area contributed by atoms with Crippen molar-refractivity contribution in [2.24, 2.45) is 0 Å². The number of nitrogens with one attached hydrogen (secondary N) is 1. The lowest BCUT2D eigenvalue weighted by atomic mass is 10.1. The highest BCUT2D eigenvalue weighted by Gasteiger charge is 2.34. The third kappa shape index (κ3) is 3.27. The average molecular weight is 383 g/mol. The fourth-order valence-corrected chi connectivity index (χ4v) is 4.30. The molecule has 1 N–H and O–H groups in total. The average Bonchev–Trinajstić information content (AvgIpc) is 3.44. The van der Waals surface area contributed by atoms with Gasteiger partial charge < -0.3 is 4.52 Å². The van der Waals surface area contributed by atoms with Crippen LogP contribution in [0.5, 0.6) is 0 Å². The van der Waals surface area contributed by atoms with Crippen molar-refractivity contribution in [1.82, 2.24) is 20.3 Å². The number of aromatic nitrogens is 1. The Morgan fingerprint density at radius 3 is 2.82 bits per heavy atom. The normalized spacial score (nSPS) is 24.8. The highest BCUT2D eigenvalue weighted by molar-refractivity contribution is 6.08. The molecule has 0 unspecified atom stereocenters. The molecule has 0 radical (unpaired) electrons. The van der Waals surface area contributed by atoms with Crippen LogP contribution in [0.2, 0.25) is 0 Å². The molecular weight excluding hydrogens is 358 g/mol. The minimum Gasteiger partial charge on any atom is -0.354 e. The van der Waals surface area contributed by atoms with Gasteiger partial charge in [0.15, 0.2) is 11.4 Å². The van der Waals surface area contributed by atoms with Gasteiger partial charge in [0.05, 0.1) is 5.39 Å². The predicted molar refractivity (Wildman–Crippen MR) is 104 cm³/mol. The van der Waals surface area contributed by atoms with Gasteiger partial charge in [-0.25, -0.2) is 4.79 Å². The highest BCUT2D eigenvalue weighted by Crippen LogP contribution is 2.31. The summed E-state index contributed by atoms with van der Waals surface area (Å²) in [6.45, 7) is 6.82. The lowest BCUT2D eigenvalue weighted by molar-refractivity contribution is -0.120. The first-order valence-corrected chi connectivity index (χ1v) is 10.1. The van der Waals surface area contributed by atoms with Crippen molar-refractivity contribution in [3.05, 3.63) is 23.8 Å². The van der Waals surface area contributed by atoms with Gasteiger partial charge in [0.1, 0.15) is 0 Å². The molecule has 28 heavy (non-hydrogen) atoms. The molecule has 1 saturated carbocycles. The van der Waals surface area contributed by atoms with Crippen molar-refractivity contribution in [2.45, 2.75) is 44.8 Å². The van der Waals surface area contributed by atoms with Gasteiger partial charge in [-0.05, 0) is 37.5 Å². The Bertz CT molecular complexity index is 922. The second-order valence-electron chi connectivity index (χ2n) is 8.14. The third-order valence-electron chi connectivity index (χ3n) is 6.07. The van der Waals surface area contributed by atoms with E-state index in [1.807, 2.05) is 6.07 Å². The quantitative estimate of drug-likeness (QED) is 0.869. The zero-order valence-corrected chi connectivity index (χ0v) is 16.1. The van der Waals surface area contributed by atoms with E-state index < -0.39 is 6.03 Å². The number of imide groups is 1. The molecule has 148 valence electrons. The topological polar surface area (TPSA) is 81.9 Å². The Morgan fingerprint density at radius 2 is 2.07 bits per heavy atom. The number of carbonyl (C=O) groups is 2. The summed E-state index contributed by atoms with van der Waals surface area (Å²) in [6.07, 6.45) is 2.98. The minimum absolute atomic E-state index is 0.255. The number of hydrogen-bond acceptors (Lipinski definition) is 6. The number of urea groups is 1. The first kappa shape index (κ1) is 17.6. The number of carbonyl (C=O) groups excluding carboxylic acids is 2. The van der Waals surface area contributed by atoms with E-state index in [-0.39, 0.29) is 12.3 Å². The van der Waals surface area contributed by atoms with Crippen LogP contribution in [0.25, 0.3) is 11.0 Å². The van der Waals surface area contributed by atoms with Gasteiger partial charge in [0.25, 0.3) is 0 Å². The summed E-state index contributed by atoms with van der Waals surface area (Å²) >= 11 is 0. The Hall–Kier alpha value is -2.45. The molecular formula is C20H25N5O3. The molecule has 3 fully saturated rings. The van der Waals surface area contributed by atoms with E-state index in [1.165, 1.54) is 23.3 Å². The maximum Gasteiger partial charge on any atom is 0.329 e. The zero-order valence-electron chi connectivity index (χ0n) is 16.1. The molecule has 1 atom stereocenters. The maximum atomic E-state index is 12.2. The Balaban J connectivity index is 1.34. The first-order valence-electron chi connectivity index (χ1n) is 10.1. The van der Waals surface area contributed by atoms with Crippen molar-refractivity contribution >= 4 is 28.7 Å². The first-order chi connectivity index (χ1) is 13.6. The minimum atomic E-state index is -0.443. The smallest absolute Gasteiger partial charge is 0.329 e. The fourth-order valence-electron chi connectivity index (χ4n) is 4.30. The molecule has 0 bridgehead atoms. The van der Waals surface area contributed by atoms with Crippen LogP contribution in [0.4, 0.5) is 10.6 Å². The lowest BCUT2D eigenvalue weighted by Gasteiger charge is -2.40. The van der Waals surface area contributed by atoms with Crippen LogP contribution in [0.15, 0.2) is 22.7 Å². The molecule has 1 aromatic carbocycles. The predicted octanol–water partition coefficient (Wildman–Crippen LogP) is 1.94. The summed E-state index contributed by atoms with van der Waals surface area (Å²) in [5, 5.41) is 7.24. The van der Waals surface area contributed by atoms with E-state index in [0.29, 0.717) is 24.0 Å². The van der Waals surface area contributed by atoms with Gasteiger partial charge in [-0.1, -0.05) is 11.2 Å². The van der Waals surface area contributed by atoms with Gasteiger partial charge >= 0.3 is 6.03 Å². The summed E-state index contributed by atoms with van der Waals surface area (Å²) in [7, 11) is 0. The standard InChI is InChI=1S/C20H25N5O3/c1-13-11-24(15-3-4-15)9-8-23(13)12-14-2-5-17-16(10-14)19(22-28-17)25-7-6-18(26)21-20(25)27/h2,5,10,13,15H,3-4,6-9,11-12H2,1H3,(H,21,26,27)/t13-/m1/s1. The van der Waals surface area contributed by atoms with Gasteiger partial charge in [-0.3, -0.25) is 24.8 Å². The molecule has 2 aromatic rings. The molecule has 1 aliphatic carbocycles. The number of fused-ring (bicyclic) bond motifs is 1. The Kier molecular flexibility index (Phi) is 4.32. The van der Waals surface area contributed by atoms with Crippen LogP contribution in [0, 0.1) is 0 Å². The number of piperazine rings is 1. The number of benzene rings is 1. The fraction of sp³-hybridized carbons (Fsp3) is 0.550. The summed E-state index contributed by atoms with van der Waals surface area (Å²) in [5.74, 6) is 0.225. The summed E-state index contributed by atoms with van der Waals surface area (Å²) in [6, 6.07) is 6.94. The molecule has 8 heteroatoms. The van der Waals surface area contributed by atoms with Crippen LogP contribution in [-0.4, -0.2) is 65.2 Å². The largest absolute Gasteiger partial charge is 0.354 e. The molecule has 0 spiro atoms. The molecule has 1 aromatic heterocycles. The van der Waals surface area contributed by atoms with Crippen LogP contribution < -0.4 is 10.2 Å². The molecule has 3 heterocycles. The SMILES string of the molecule is C[C@@H]1CN(C2CC2)CCN1Cc1ccc2onc(N3CCC(=O)NC3=O)c2c1. The Labute approximate surface area is 163 Å². The highest BCUT2D eigenvalue weighted by atomic mass is 16.5. The van der Waals surface area contributed by atoms with E-state index in [9.17, 15) is 9.59 Å². The van der Waals surface area contributed by atoms with E-state index >= 15 is 0 Å². The van der Waals surface area contributed by atoms with Crippen LogP contribution in [0.3, 0.4) is 0 Å². The monoisotopic (exact) mass is 383 g/mol. The second-order valence-corrected chi connectivity index (χ2v) is 8.14. The van der Waals surface area contributed by atoms with Crippen molar-refractivity contribution < 1.29 is 14.1 Å². The summed E-state index contributed by atoms with van der Waals surface area (Å²) in [5.41, 5.74) is 1.83. The second kappa shape index (κ2) is 6.86. The van der Waals surface area contributed by atoms with Gasteiger partial charge in [-0.15, -0.1) is 0 Å². The van der Waals surface area contributed by atoms with E-state index in [1.54, 1.807) is 0 Å². The van der Waals surface area contributed by atoms with E-state index in [2.05, 4.69) is 39.3 Å². The van der Waals surface area contributed by atoms with Crippen molar-refractivity contribution in [2.75, 3.05) is 31.1 Å². The molecule has 2 saturated heterocycles. The number of anilines is 1.